The van der Waals surface area contributed by atoms with Gasteiger partial charge in [0.1, 0.15) is 11.6 Å². The molecule has 1 aromatic heterocycles. The lowest BCUT2D eigenvalue weighted by atomic mass is 10.1. The molecule has 0 amide bonds. The molecule has 1 saturated carbocycles. The SMILES string of the molecule is Cn1nc(C(=O)O)cc1-c1cc(F)ccc1OC1CC1. The average molecular weight is 276 g/mol. The van der Waals surface area contributed by atoms with Gasteiger partial charge in [0.05, 0.1) is 11.8 Å². The second-order valence-electron chi connectivity index (χ2n) is 4.80. The Morgan fingerprint density at radius 1 is 1.45 bits per heavy atom. The summed E-state index contributed by atoms with van der Waals surface area (Å²) in [7, 11) is 1.62. The molecule has 1 fully saturated rings. The fourth-order valence-electron chi connectivity index (χ4n) is 1.99. The molecule has 20 heavy (non-hydrogen) atoms. The summed E-state index contributed by atoms with van der Waals surface area (Å²) in [6.07, 6.45) is 2.15. The van der Waals surface area contributed by atoms with E-state index in [0.29, 0.717) is 17.0 Å². The molecule has 1 heterocycles. The second-order valence-corrected chi connectivity index (χ2v) is 4.80. The number of aromatic carboxylic acids is 1. The molecule has 0 spiro atoms. The Balaban J connectivity index is 2.07. The minimum atomic E-state index is -1.12. The Bertz CT molecular complexity index is 677. The first-order valence-electron chi connectivity index (χ1n) is 6.28. The van der Waals surface area contributed by atoms with Gasteiger partial charge in [0, 0.05) is 12.6 Å². The number of carboxylic acids is 1. The van der Waals surface area contributed by atoms with Gasteiger partial charge in [-0.25, -0.2) is 9.18 Å². The van der Waals surface area contributed by atoms with Crippen molar-refractivity contribution in [3.05, 3.63) is 35.8 Å². The number of nitrogens with zero attached hydrogens (tertiary/aromatic N) is 2. The summed E-state index contributed by atoms with van der Waals surface area (Å²) in [5, 5.41) is 12.9. The van der Waals surface area contributed by atoms with Gasteiger partial charge in [0.2, 0.25) is 0 Å². The van der Waals surface area contributed by atoms with E-state index in [1.165, 1.54) is 22.9 Å². The molecule has 2 aromatic rings. The van der Waals surface area contributed by atoms with Crippen molar-refractivity contribution in [3.63, 3.8) is 0 Å². The Morgan fingerprint density at radius 2 is 2.20 bits per heavy atom. The normalized spacial score (nSPS) is 14.3. The zero-order valence-corrected chi connectivity index (χ0v) is 10.8. The van der Waals surface area contributed by atoms with Crippen molar-refractivity contribution in [1.82, 2.24) is 9.78 Å². The van der Waals surface area contributed by atoms with Crippen LogP contribution in [0.2, 0.25) is 0 Å². The first-order chi connectivity index (χ1) is 9.54. The monoisotopic (exact) mass is 276 g/mol. The van der Waals surface area contributed by atoms with Crippen molar-refractivity contribution >= 4 is 5.97 Å². The third-order valence-electron chi connectivity index (χ3n) is 3.13. The van der Waals surface area contributed by atoms with Gasteiger partial charge in [-0.3, -0.25) is 4.68 Å². The maximum atomic E-state index is 13.5. The first kappa shape index (κ1) is 12.7. The van der Waals surface area contributed by atoms with Crippen LogP contribution in [0.3, 0.4) is 0 Å². The zero-order chi connectivity index (χ0) is 14.3. The summed E-state index contributed by atoms with van der Waals surface area (Å²) < 4.78 is 20.6. The largest absolute Gasteiger partial charge is 0.490 e. The van der Waals surface area contributed by atoms with Crippen LogP contribution in [0.5, 0.6) is 5.75 Å². The van der Waals surface area contributed by atoms with E-state index in [1.54, 1.807) is 13.1 Å². The van der Waals surface area contributed by atoms with Gasteiger partial charge in [0.25, 0.3) is 0 Å². The Hall–Kier alpha value is -2.37. The third kappa shape index (κ3) is 2.36. The van der Waals surface area contributed by atoms with Crippen LogP contribution in [-0.2, 0) is 7.05 Å². The Morgan fingerprint density at radius 3 is 2.80 bits per heavy atom. The molecule has 1 aliphatic carbocycles. The van der Waals surface area contributed by atoms with Crippen LogP contribution in [0.1, 0.15) is 23.3 Å². The molecule has 104 valence electrons. The van der Waals surface area contributed by atoms with E-state index < -0.39 is 11.8 Å². The molecule has 0 aliphatic heterocycles. The summed E-state index contributed by atoms with van der Waals surface area (Å²) in [6, 6.07) is 5.64. The number of carboxylic acid groups (broad SMARTS) is 1. The number of rotatable bonds is 4. The van der Waals surface area contributed by atoms with Crippen LogP contribution in [0.25, 0.3) is 11.3 Å². The number of hydrogen-bond acceptors (Lipinski definition) is 3. The smallest absolute Gasteiger partial charge is 0.356 e. The topological polar surface area (TPSA) is 64.4 Å². The van der Waals surface area contributed by atoms with Gasteiger partial charge >= 0.3 is 5.97 Å². The molecular formula is C14H13FN2O3. The zero-order valence-electron chi connectivity index (χ0n) is 10.8. The van der Waals surface area contributed by atoms with Crippen LogP contribution in [0, 0.1) is 5.82 Å². The fourth-order valence-corrected chi connectivity index (χ4v) is 1.99. The van der Waals surface area contributed by atoms with Gasteiger partial charge < -0.3 is 9.84 Å². The van der Waals surface area contributed by atoms with Crippen molar-refractivity contribution in [3.8, 4) is 17.0 Å². The highest BCUT2D eigenvalue weighted by atomic mass is 19.1. The van der Waals surface area contributed by atoms with Crippen molar-refractivity contribution in [2.45, 2.75) is 18.9 Å². The van der Waals surface area contributed by atoms with E-state index in [2.05, 4.69) is 5.10 Å². The lowest BCUT2D eigenvalue weighted by Gasteiger charge is -2.11. The summed E-state index contributed by atoms with van der Waals surface area (Å²) in [6.45, 7) is 0. The van der Waals surface area contributed by atoms with Crippen molar-refractivity contribution in [1.29, 1.82) is 0 Å². The quantitative estimate of drug-likeness (QED) is 0.931. The van der Waals surface area contributed by atoms with E-state index in [1.807, 2.05) is 0 Å². The van der Waals surface area contributed by atoms with Crippen molar-refractivity contribution < 1.29 is 19.0 Å². The maximum Gasteiger partial charge on any atom is 0.356 e. The van der Waals surface area contributed by atoms with Gasteiger partial charge in [-0.1, -0.05) is 0 Å². The predicted octanol–water partition coefficient (Wildman–Crippen LogP) is 2.47. The van der Waals surface area contributed by atoms with Gasteiger partial charge in [-0.15, -0.1) is 0 Å². The van der Waals surface area contributed by atoms with Crippen LogP contribution >= 0.6 is 0 Å². The summed E-state index contributed by atoms with van der Waals surface area (Å²) >= 11 is 0. The average Bonchev–Trinajstić information content (AvgIpc) is 3.12. The molecule has 0 bridgehead atoms. The van der Waals surface area contributed by atoms with Crippen LogP contribution in [0.15, 0.2) is 24.3 Å². The summed E-state index contributed by atoms with van der Waals surface area (Å²) in [5.74, 6) is -0.969. The molecule has 0 atom stereocenters. The Kier molecular flexibility index (Phi) is 2.93. The molecule has 0 unspecified atom stereocenters. The number of aryl methyl sites for hydroxylation is 1. The van der Waals surface area contributed by atoms with Crippen LogP contribution in [-0.4, -0.2) is 27.0 Å². The number of carbonyl (C=O) groups is 1. The summed E-state index contributed by atoms with van der Waals surface area (Å²) in [5.41, 5.74) is 0.945. The second kappa shape index (κ2) is 4.63. The standard InChI is InChI=1S/C14H13FN2O3/c1-17-12(7-11(16-17)14(18)19)10-6-8(15)2-5-13(10)20-9-3-4-9/h2,5-7,9H,3-4H2,1H3,(H,18,19). The third-order valence-corrected chi connectivity index (χ3v) is 3.13. The fraction of sp³-hybridized carbons (Fsp3) is 0.286. The van der Waals surface area contributed by atoms with E-state index >= 15 is 0 Å². The molecule has 1 N–H and O–H groups in total. The Labute approximate surface area is 114 Å². The number of halogens is 1. The van der Waals surface area contributed by atoms with Gasteiger partial charge in [-0.05, 0) is 37.1 Å². The van der Waals surface area contributed by atoms with E-state index in [0.717, 1.165) is 12.8 Å². The molecular weight excluding hydrogens is 263 g/mol. The van der Waals surface area contributed by atoms with Crippen LogP contribution < -0.4 is 4.74 Å². The molecule has 3 rings (SSSR count). The lowest BCUT2D eigenvalue weighted by molar-refractivity contribution is 0.0689. The molecule has 1 aromatic carbocycles. The minimum absolute atomic E-state index is 0.0795. The minimum Gasteiger partial charge on any atom is -0.490 e. The highest BCUT2D eigenvalue weighted by Gasteiger charge is 2.25. The number of benzene rings is 1. The van der Waals surface area contributed by atoms with E-state index in [4.69, 9.17) is 9.84 Å². The van der Waals surface area contributed by atoms with Gasteiger partial charge in [-0.2, -0.15) is 5.10 Å². The molecule has 0 saturated heterocycles. The highest BCUT2D eigenvalue weighted by Crippen LogP contribution is 2.35. The maximum absolute atomic E-state index is 13.5. The number of ether oxygens (including phenoxy) is 1. The van der Waals surface area contributed by atoms with Crippen molar-refractivity contribution in [2.24, 2.45) is 7.05 Å². The first-order valence-corrected chi connectivity index (χ1v) is 6.28. The molecule has 6 heteroatoms. The molecule has 1 aliphatic rings. The van der Waals surface area contributed by atoms with E-state index in [-0.39, 0.29) is 11.8 Å². The molecule has 0 radical (unpaired) electrons. The highest BCUT2D eigenvalue weighted by molar-refractivity contribution is 5.87. The van der Waals surface area contributed by atoms with Gasteiger partial charge in [0.15, 0.2) is 5.69 Å². The summed E-state index contributed by atoms with van der Waals surface area (Å²) in [4.78, 5) is 11.0. The lowest BCUT2D eigenvalue weighted by Crippen LogP contribution is -2.01. The molecule has 5 nitrogen and oxygen atoms in total. The predicted molar refractivity (Wildman–Crippen MR) is 69.2 cm³/mol. The number of aromatic nitrogens is 2. The number of hydrogen-bond donors (Lipinski definition) is 1. The van der Waals surface area contributed by atoms with Crippen LogP contribution in [0.4, 0.5) is 4.39 Å². The van der Waals surface area contributed by atoms with E-state index in [9.17, 15) is 9.18 Å². The van der Waals surface area contributed by atoms with Crippen molar-refractivity contribution in [2.75, 3.05) is 0 Å².